The van der Waals surface area contributed by atoms with Gasteiger partial charge in [0.2, 0.25) is 0 Å². The second-order valence-electron chi connectivity index (χ2n) is 8.07. The molecule has 1 saturated heterocycles. The van der Waals surface area contributed by atoms with E-state index in [1.54, 1.807) is 24.3 Å². The Morgan fingerprint density at radius 1 is 1.09 bits per heavy atom. The van der Waals surface area contributed by atoms with E-state index in [0.29, 0.717) is 43.3 Å². The molecular weight excluding hydrogens is 409 g/mol. The lowest BCUT2D eigenvalue weighted by molar-refractivity contribution is 0.192. The predicted octanol–water partition coefficient (Wildman–Crippen LogP) is 5.72. The van der Waals surface area contributed by atoms with Crippen LogP contribution in [0, 0.1) is 5.82 Å². The fraction of sp³-hybridized carbons (Fsp3) is 0.400. The van der Waals surface area contributed by atoms with Crippen LogP contribution < -0.4 is 14.4 Å². The van der Waals surface area contributed by atoms with Crippen molar-refractivity contribution in [2.75, 3.05) is 31.7 Å². The molecule has 6 nitrogen and oxygen atoms in total. The molecule has 0 unspecified atom stereocenters. The van der Waals surface area contributed by atoms with E-state index in [2.05, 4.69) is 11.9 Å². The van der Waals surface area contributed by atoms with Crippen molar-refractivity contribution in [2.24, 2.45) is 0 Å². The topological polar surface area (TPSA) is 57.8 Å². The van der Waals surface area contributed by atoms with Crippen LogP contribution in [0.25, 0.3) is 10.9 Å². The van der Waals surface area contributed by atoms with E-state index in [0.717, 1.165) is 42.3 Å². The Kier molecular flexibility index (Phi) is 6.83. The number of unbranched alkanes of at least 4 members (excludes halogenated alkanes) is 2. The van der Waals surface area contributed by atoms with E-state index in [1.807, 2.05) is 29.2 Å². The molecule has 2 aromatic carbocycles. The lowest BCUT2D eigenvalue weighted by atomic mass is 10.1. The van der Waals surface area contributed by atoms with Gasteiger partial charge in [-0.25, -0.2) is 9.18 Å². The number of nitrogens with zero attached hydrogens (tertiary/aromatic N) is 2. The monoisotopic (exact) mass is 439 g/mol. The van der Waals surface area contributed by atoms with Crippen molar-refractivity contribution >= 4 is 22.6 Å². The molecule has 32 heavy (non-hydrogen) atoms. The number of urea groups is 1. The normalized spacial score (nSPS) is 14.3. The van der Waals surface area contributed by atoms with Gasteiger partial charge in [-0.1, -0.05) is 25.8 Å². The molecule has 7 heteroatoms. The summed E-state index contributed by atoms with van der Waals surface area (Å²) in [6.07, 6.45) is 5.79. The second-order valence-corrected chi connectivity index (χ2v) is 8.07. The molecule has 3 aromatic rings. The Bertz CT molecular complexity index is 1080. The highest BCUT2D eigenvalue weighted by atomic mass is 19.1. The number of fused-ring (bicyclic) bond motifs is 1. The first-order chi connectivity index (χ1) is 15.6. The van der Waals surface area contributed by atoms with Crippen LogP contribution in [0.5, 0.6) is 11.5 Å². The molecular formula is C25H30FN3O3. The molecule has 4 rings (SSSR count). The van der Waals surface area contributed by atoms with Crippen molar-refractivity contribution in [2.45, 2.75) is 39.2 Å². The molecule has 1 aliphatic rings. The van der Waals surface area contributed by atoms with Crippen molar-refractivity contribution in [1.29, 1.82) is 0 Å². The lowest BCUT2D eigenvalue weighted by Crippen LogP contribution is -2.49. The number of anilines is 1. The molecule has 170 valence electrons. The largest absolute Gasteiger partial charge is 0.493 e. The molecule has 0 bridgehead atoms. The molecule has 1 aromatic heterocycles. The van der Waals surface area contributed by atoms with Crippen molar-refractivity contribution in [1.82, 2.24) is 9.88 Å². The molecule has 1 aliphatic heterocycles. The van der Waals surface area contributed by atoms with Crippen LogP contribution in [0.2, 0.25) is 0 Å². The Balaban J connectivity index is 1.52. The summed E-state index contributed by atoms with van der Waals surface area (Å²) in [5.41, 5.74) is 2.19. The number of rotatable bonds is 9. The first kappa shape index (κ1) is 22.0. The van der Waals surface area contributed by atoms with Gasteiger partial charge in [0, 0.05) is 43.0 Å². The Labute approximate surface area is 187 Å². The highest BCUT2D eigenvalue weighted by molar-refractivity contribution is 5.93. The number of H-pyrrole nitrogens is 1. The maximum atomic E-state index is 14.0. The molecule has 2 amide bonds. The van der Waals surface area contributed by atoms with Crippen LogP contribution in [0.4, 0.5) is 14.9 Å². The number of amides is 2. The van der Waals surface area contributed by atoms with Crippen LogP contribution in [-0.4, -0.2) is 42.7 Å². The number of ether oxygens (including phenoxy) is 2. The average molecular weight is 440 g/mol. The SMILES string of the molecule is CCCCCOc1cc(N2CCCN(Cc3ccc(F)c4[nH]ccc34)C2=O)ccc1OC. The van der Waals surface area contributed by atoms with E-state index < -0.39 is 0 Å². The number of carbonyl (C=O) groups excluding carboxylic acids is 1. The van der Waals surface area contributed by atoms with Gasteiger partial charge in [-0.2, -0.15) is 0 Å². The number of aromatic amines is 1. The van der Waals surface area contributed by atoms with Crippen molar-refractivity contribution in [3.8, 4) is 11.5 Å². The third-order valence-corrected chi connectivity index (χ3v) is 5.90. The minimum atomic E-state index is -0.287. The second kappa shape index (κ2) is 9.94. The molecule has 0 spiro atoms. The van der Waals surface area contributed by atoms with Gasteiger partial charge in [0.25, 0.3) is 0 Å². The maximum Gasteiger partial charge on any atom is 0.324 e. The number of methoxy groups -OCH3 is 1. The van der Waals surface area contributed by atoms with Crippen molar-refractivity contribution in [3.05, 3.63) is 54.0 Å². The van der Waals surface area contributed by atoms with E-state index in [4.69, 9.17) is 9.47 Å². The van der Waals surface area contributed by atoms with Crippen LogP contribution in [0.1, 0.15) is 38.2 Å². The smallest absolute Gasteiger partial charge is 0.324 e. The summed E-state index contributed by atoms with van der Waals surface area (Å²) < 4.78 is 25.4. The number of nitrogens with one attached hydrogen (secondary N) is 1. The van der Waals surface area contributed by atoms with Crippen molar-refractivity contribution < 1.29 is 18.7 Å². The average Bonchev–Trinajstić information content (AvgIpc) is 3.31. The van der Waals surface area contributed by atoms with Gasteiger partial charge in [-0.3, -0.25) is 4.90 Å². The van der Waals surface area contributed by atoms with E-state index in [-0.39, 0.29) is 11.8 Å². The Morgan fingerprint density at radius 3 is 2.78 bits per heavy atom. The van der Waals surface area contributed by atoms with Gasteiger partial charge in [0.1, 0.15) is 5.82 Å². The standard InChI is InChI=1S/C25H30FN3O3/c1-3-4-5-15-32-23-16-19(8-10-22(23)31-2)29-14-6-13-28(25(29)30)17-18-7-9-21(26)24-20(18)11-12-27-24/h7-12,16,27H,3-6,13-15,17H2,1-2H3. The highest BCUT2D eigenvalue weighted by Gasteiger charge is 2.28. The summed E-state index contributed by atoms with van der Waals surface area (Å²) in [6.45, 7) is 4.50. The summed E-state index contributed by atoms with van der Waals surface area (Å²) in [5.74, 6) is 1.02. The third-order valence-electron chi connectivity index (χ3n) is 5.90. The van der Waals surface area contributed by atoms with Gasteiger partial charge in [-0.05, 0) is 42.7 Å². The van der Waals surface area contributed by atoms with Crippen LogP contribution in [0.15, 0.2) is 42.6 Å². The summed E-state index contributed by atoms with van der Waals surface area (Å²) in [7, 11) is 1.62. The summed E-state index contributed by atoms with van der Waals surface area (Å²) >= 11 is 0. The molecule has 1 N–H and O–H groups in total. The van der Waals surface area contributed by atoms with Gasteiger partial charge in [0.15, 0.2) is 11.5 Å². The lowest BCUT2D eigenvalue weighted by Gasteiger charge is -2.36. The third kappa shape index (κ3) is 4.52. The molecule has 0 radical (unpaired) electrons. The number of hydrogen-bond acceptors (Lipinski definition) is 3. The summed E-state index contributed by atoms with van der Waals surface area (Å²) in [4.78, 5) is 19.9. The Morgan fingerprint density at radius 2 is 1.97 bits per heavy atom. The van der Waals surface area contributed by atoms with E-state index in [9.17, 15) is 9.18 Å². The van der Waals surface area contributed by atoms with E-state index >= 15 is 0 Å². The van der Waals surface area contributed by atoms with E-state index in [1.165, 1.54) is 6.07 Å². The van der Waals surface area contributed by atoms with Gasteiger partial charge >= 0.3 is 6.03 Å². The fourth-order valence-corrected chi connectivity index (χ4v) is 4.17. The zero-order chi connectivity index (χ0) is 22.5. The zero-order valence-electron chi connectivity index (χ0n) is 18.7. The molecule has 0 atom stereocenters. The van der Waals surface area contributed by atoms with Gasteiger partial charge in [0.05, 0.1) is 19.2 Å². The molecule has 0 saturated carbocycles. The van der Waals surface area contributed by atoms with Gasteiger partial charge < -0.3 is 19.4 Å². The number of benzene rings is 2. The first-order valence-electron chi connectivity index (χ1n) is 11.2. The number of halogens is 1. The minimum Gasteiger partial charge on any atom is -0.493 e. The van der Waals surface area contributed by atoms with Crippen LogP contribution in [-0.2, 0) is 6.54 Å². The van der Waals surface area contributed by atoms with Crippen LogP contribution >= 0.6 is 0 Å². The summed E-state index contributed by atoms with van der Waals surface area (Å²) in [6, 6.07) is 10.6. The van der Waals surface area contributed by atoms with Gasteiger partial charge in [-0.15, -0.1) is 0 Å². The fourth-order valence-electron chi connectivity index (χ4n) is 4.17. The van der Waals surface area contributed by atoms with Crippen LogP contribution in [0.3, 0.4) is 0 Å². The first-order valence-corrected chi connectivity index (χ1v) is 11.2. The number of aromatic nitrogens is 1. The molecule has 1 fully saturated rings. The molecule has 2 heterocycles. The summed E-state index contributed by atoms with van der Waals surface area (Å²) in [5, 5.41) is 0.808. The minimum absolute atomic E-state index is 0.0636. The number of hydrogen-bond donors (Lipinski definition) is 1. The zero-order valence-corrected chi connectivity index (χ0v) is 18.7. The van der Waals surface area contributed by atoms with Crippen molar-refractivity contribution in [3.63, 3.8) is 0 Å². The predicted molar refractivity (Wildman–Crippen MR) is 124 cm³/mol. The maximum absolute atomic E-state index is 14.0. The molecule has 0 aliphatic carbocycles. The Hall–Kier alpha value is -3.22. The quantitative estimate of drug-likeness (QED) is 0.434. The number of carbonyl (C=O) groups is 1. The highest BCUT2D eigenvalue weighted by Crippen LogP contribution is 2.33.